The van der Waals surface area contributed by atoms with E-state index in [9.17, 15) is 15.0 Å². The molecule has 0 saturated carbocycles. The minimum Gasteiger partial charge on any atom is -0.504 e. The molecule has 0 fully saturated rings. The molecule has 6 heteroatoms. The van der Waals surface area contributed by atoms with Crippen LogP contribution in [0.25, 0.3) is 22.6 Å². The number of nitrogens with two attached hydrogens (primary N) is 1. The number of rotatable bonds is 1. The highest BCUT2D eigenvalue weighted by Gasteiger charge is 2.21. The van der Waals surface area contributed by atoms with Gasteiger partial charge in [-0.05, 0) is 54.0 Å². The Labute approximate surface area is 137 Å². The van der Waals surface area contributed by atoms with Gasteiger partial charge >= 0.3 is 0 Å². The van der Waals surface area contributed by atoms with Crippen LogP contribution in [0.4, 0.5) is 5.69 Å². The first-order chi connectivity index (χ1) is 11.5. The summed E-state index contributed by atoms with van der Waals surface area (Å²) in [6.07, 6.45) is 2.54. The summed E-state index contributed by atoms with van der Waals surface area (Å²) < 4.78 is 1.66. The van der Waals surface area contributed by atoms with Crippen molar-refractivity contribution in [2.75, 3.05) is 5.73 Å². The average molecular weight is 321 g/mol. The Balaban J connectivity index is 1.89. The maximum absolute atomic E-state index is 12.6. The zero-order valence-corrected chi connectivity index (χ0v) is 12.7. The predicted molar refractivity (Wildman–Crippen MR) is 92.7 cm³/mol. The number of hydrogen-bond acceptors (Lipinski definition) is 5. The normalized spacial score (nSPS) is 15.1. The van der Waals surface area contributed by atoms with E-state index >= 15 is 0 Å². The number of allylic oxidation sites excluding steroid dienone is 1. The first-order valence-electron chi connectivity index (χ1n) is 7.56. The number of anilines is 1. The number of hydrogen-bond donors (Lipinski definition) is 3. The second kappa shape index (κ2) is 5.13. The Morgan fingerprint density at radius 2 is 1.96 bits per heavy atom. The highest BCUT2D eigenvalue weighted by atomic mass is 16.3. The lowest BCUT2D eigenvalue weighted by Gasteiger charge is -2.06. The van der Waals surface area contributed by atoms with Crippen LogP contribution in [0.5, 0.6) is 11.5 Å². The molecule has 0 spiro atoms. The van der Waals surface area contributed by atoms with E-state index in [0.29, 0.717) is 35.4 Å². The molecule has 4 rings (SSSR count). The topological polar surface area (TPSA) is 101 Å². The van der Waals surface area contributed by atoms with Gasteiger partial charge in [0, 0.05) is 12.2 Å². The Morgan fingerprint density at radius 1 is 1.12 bits per heavy atom. The van der Waals surface area contributed by atoms with Crippen LogP contribution in [-0.4, -0.2) is 19.8 Å². The number of fused-ring (bicyclic) bond motifs is 2. The highest BCUT2D eigenvalue weighted by molar-refractivity contribution is 5.86. The van der Waals surface area contributed by atoms with Gasteiger partial charge in [0.05, 0.1) is 10.9 Å². The van der Waals surface area contributed by atoms with Gasteiger partial charge in [0.2, 0.25) is 0 Å². The smallest absolute Gasteiger partial charge is 0.261 e. The zero-order valence-electron chi connectivity index (χ0n) is 12.7. The van der Waals surface area contributed by atoms with Crippen molar-refractivity contribution in [2.24, 2.45) is 0 Å². The highest BCUT2D eigenvalue weighted by Crippen LogP contribution is 2.30. The van der Waals surface area contributed by atoms with Gasteiger partial charge in [-0.3, -0.25) is 9.36 Å². The van der Waals surface area contributed by atoms with Crippen LogP contribution in [0.1, 0.15) is 17.8 Å². The molecule has 0 aliphatic carbocycles. The van der Waals surface area contributed by atoms with Gasteiger partial charge in [0.25, 0.3) is 5.56 Å². The lowest BCUT2D eigenvalue weighted by Crippen LogP contribution is -2.20. The van der Waals surface area contributed by atoms with E-state index in [-0.39, 0.29) is 17.1 Å². The molecule has 120 valence electrons. The molecule has 24 heavy (non-hydrogen) atoms. The molecule has 4 N–H and O–H groups in total. The van der Waals surface area contributed by atoms with Crippen molar-refractivity contribution in [1.82, 2.24) is 9.55 Å². The van der Waals surface area contributed by atoms with Gasteiger partial charge in [0.1, 0.15) is 5.82 Å². The van der Waals surface area contributed by atoms with Gasteiger partial charge in [-0.2, -0.15) is 0 Å². The number of phenols is 2. The Bertz CT molecular complexity index is 1070. The Kier molecular flexibility index (Phi) is 3.06. The first kappa shape index (κ1) is 14.3. The summed E-state index contributed by atoms with van der Waals surface area (Å²) in [5.41, 5.74) is 8.49. The van der Waals surface area contributed by atoms with E-state index in [1.807, 2.05) is 6.08 Å². The molecule has 0 bridgehead atoms. The van der Waals surface area contributed by atoms with Crippen LogP contribution in [0, 0.1) is 0 Å². The van der Waals surface area contributed by atoms with Crippen molar-refractivity contribution in [3.8, 4) is 11.5 Å². The fourth-order valence-electron chi connectivity index (χ4n) is 3.00. The third-order valence-electron chi connectivity index (χ3n) is 4.21. The van der Waals surface area contributed by atoms with E-state index in [1.165, 1.54) is 12.1 Å². The molecule has 0 unspecified atom stereocenters. The van der Waals surface area contributed by atoms with Gasteiger partial charge in [-0.15, -0.1) is 0 Å². The lowest BCUT2D eigenvalue weighted by molar-refractivity contribution is 0.403. The summed E-state index contributed by atoms with van der Waals surface area (Å²) in [4.78, 5) is 17.2. The SMILES string of the molecule is Nc1ccc2c(=O)n3c(nc2c1)/C(=C/c1ccc(O)c(O)c1)CC3. The number of aromatic hydroxyl groups is 2. The van der Waals surface area contributed by atoms with Crippen LogP contribution in [0.15, 0.2) is 41.2 Å². The summed E-state index contributed by atoms with van der Waals surface area (Å²) in [7, 11) is 0. The van der Waals surface area contributed by atoms with Gasteiger partial charge in [0.15, 0.2) is 11.5 Å². The van der Waals surface area contributed by atoms with Crippen LogP contribution >= 0.6 is 0 Å². The van der Waals surface area contributed by atoms with Crippen LogP contribution in [0.3, 0.4) is 0 Å². The second-order valence-corrected chi connectivity index (χ2v) is 5.84. The molecular weight excluding hydrogens is 306 g/mol. The van der Waals surface area contributed by atoms with E-state index in [2.05, 4.69) is 4.98 Å². The van der Waals surface area contributed by atoms with E-state index in [0.717, 1.165) is 11.1 Å². The molecule has 6 nitrogen and oxygen atoms in total. The third-order valence-corrected chi connectivity index (χ3v) is 4.21. The molecule has 1 aromatic heterocycles. The minimum atomic E-state index is -0.181. The number of nitrogen functional groups attached to an aromatic ring is 1. The van der Waals surface area contributed by atoms with Crippen molar-refractivity contribution >= 4 is 28.2 Å². The molecule has 0 radical (unpaired) electrons. The van der Waals surface area contributed by atoms with Crippen molar-refractivity contribution in [2.45, 2.75) is 13.0 Å². The Hall–Kier alpha value is -3.28. The number of nitrogens with zero attached hydrogens (tertiary/aromatic N) is 2. The van der Waals surface area contributed by atoms with Crippen molar-refractivity contribution < 1.29 is 10.2 Å². The quantitative estimate of drug-likeness (QED) is 0.472. The summed E-state index contributed by atoms with van der Waals surface area (Å²) in [6, 6.07) is 9.69. The fourth-order valence-corrected chi connectivity index (χ4v) is 3.00. The molecular formula is C18H15N3O3. The maximum Gasteiger partial charge on any atom is 0.261 e. The van der Waals surface area contributed by atoms with Crippen molar-refractivity contribution in [1.29, 1.82) is 0 Å². The fraction of sp³-hybridized carbons (Fsp3) is 0.111. The average Bonchev–Trinajstić information content (AvgIpc) is 2.94. The van der Waals surface area contributed by atoms with Crippen molar-refractivity contribution in [3.05, 3.63) is 58.1 Å². The largest absolute Gasteiger partial charge is 0.504 e. The molecule has 2 aromatic carbocycles. The van der Waals surface area contributed by atoms with Gasteiger partial charge < -0.3 is 15.9 Å². The minimum absolute atomic E-state index is 0.0769. The van der Waals surface area contributed by atoms with Gasteiger partial charge in [-0.1, -0.05) is 6.07 Å². The summed E-state index contributed by atoms with van der Waals surface area (Å²) >= 11 is 0. The van der Waals surface area contributed by atoms with Crippen LogP contribution in [-0.2, 0) is 6.54 Å². The molecule has 0 atom stereocenters. The van der Waals surface area contributed by atoms with E-state index in [4.69, 9.17) is 5.73 Å². The maximum atomic E-state index is 12.6. The summed E-state index contributed by atoms with van der Waals surface area (Å²) in [6.45, 7) is 0.567. The van der Waals surface area contributed by atoms with E-state index < -0.39 is 0 Å². The predicted octanol–water partition coefficient (Wildman–Crippen LogP) is 2.33. The number of aromatic nitrogens is 2. The number of benzene rings is 2. The first-order valence-corrected chi connectivity index (χ1v) is 7.56. The number of phenolic OH excluding ortho intramolecular Hbond substituents is 2. The summed E-state index contributed by atoms with van der Waals surface area (Å²) in [5, 5.41) is 19.6. The molecule has 2 heterocycles. The lowest BCUT2D eigenvalue weighted by atomic mass is 10.1. The third kappa shape index (κ3) is 2.20. The Morgan fingerprint density at radius 3 is 2.75 bits per heavy atom. The van der Waals surface area contributed by atoms with Crippen molar-refractivity contribution in [3.63, 3.8) is 0 Å². The molecule has 0 amide bonds. The van der Waals surface area contributed by atoms with Crippen LogP contribution in [0.2, 0.25) is 0 Å². The molecule has 0 saturated heterocycles. The molecule has 1 aliphatic heterocycles. The van der Waals surface area contributed by atoms with E-state index in [1.54, 1.807) is 28.8 Å². The standard InChI is InChI=1S/C18H15N3O3/c19-12-2-3-13-14(9-12)20-17-11(5-6-21(17)18(13)24)7-10-1-4-15(22)16(23)8-10/h1-4,7-9,22-23H,5-6,19H2/b11-7+. The van der Waals surface area contributed by atoms with Gasteiger partial charge in [-0.25, -0.2) is 4.98 Å². The zero-order chi connectivity index (χ0) is 16.8. The van der Waals surface area contributed by atoms with Crippen LogP contribution < -0.4 is 11.3 Å². The summed E-state index contributed by atoms with van der Waals surface area (Å²) in [5.74, 6) is 0.268. The molecule has 1 aliphatic rings. The molecule has 3 aromatic rings. The second-order valence-electron chi connectivity index (χ2n) is 5.84. The monoisotopic (exact) mass is 321 g/mol.